The molecule has 2 aromatic carbocycles. The average Bonchev–Trinajstić information content (AvgIpc) is 3.17. The van der Waals surface area contributed by atoms with Crippen molar-refractivity contribution in [3.63, 3.8) is 0 Å². The maximum atomic E-state index is 12.6. The van der Waals surface area contributed by atoms with E-state index < -0.39 is 4.92 Å². The fraction of sp³-hybridized carbons (Fsp3) is 0.200. The minimum Gasteiger partial charge on any atom is -0.361 e. The van der Waals surface area contributed by atoms with Crippen molar-refractivity contribution >= 4 is 34.2 Å². The maximum absolute atomic E-state index is 12.6. The summed E-state index contributed by atoms with van der Waals surface area (Å²) in [6.45, 7) is 0.499. The molecule has 1 amide bonds. The van der Waals surface area contributed by atoms with Crippen molar-refractivity contribution in [3.05, 3.63) is 79.6 Å². The molecule has 8 heteroatoms. The number of carbonyl (C=O) groups excluding carboxylic acids is 1. The number of aromatic nitrogens is 1. The third-order valence-corrected chi connectivity index (χ3v) is 5.22. The molecule has 0 aliphatic heterocycles. The van der Waals surface area contributed by atoms with Gasteiger partial charge in [-0.15, -0.1) is 0 Å². The van der Waals surface area contributed by atoms with Gasteiger partial charge < -0.3 is 9.42 Å². The van der Waals surface area contributed by atoms with Gasteiger partial charge in [0.25, 0.3) is 11.6 Å². The number of aryl methyl sites for hydroxylation is 1. The first-order valence-corrected chi connectivity index (χ1v) is 9.74. The molecule has 0 atom stereocenters. The highest BCUT2D eigenvalue weighted by molar-refractivity contribution is 14.1. The summed E-state index contributed by atoms with van der Waals surface area (Å²) in [5, 5.41) is 15.0. The quantitative estimate of drug-likeness (QED) is 0.275. The lowest BCUT2D eigenvalue weighted by Gasteiger charge is -2.17. The Bertz CT molecular complexity index is 988. The van der Waals surface area contributed by atoms with Gasteiger partial charge in [-0.25, -0.2) is 0 Å². The molecule has 1 aromatic heterocycles. The standard InChI is InChI=1S/C20H18IN3O4/c1-23(20(25)17-12-15(24(26)27)9-10-18(17)21)11-5-8-16-13-19(22-28-16)14-6-3-2-4-7-14/h2-4,6-7,9-10,12-13H,5,8,11H2,1H3. The summed E-state index contributed by atoms with van der Waals surface area (Å²) >= 11 is 2.01. The van der Waals surface area contributed by atoms with Crippen molar-refractivity contribution in [2.45, 2.75) is 12.8 Å². The second kappa shape index (κ2) is 8.96. The molecule has 3 rings (SSSR count). The molecule has 0 unspecified atom stereocenters. The van der Waals surface area contributed by atoms with Crippen LogP contribution in [0.1, 0.15) is 22.5 Å². The van der Waals surface area contributed by atoms with Gasteiger partial charge >= 0.3 is 0 Å². The van der Waals surface area contributed by atoms with E-state index >= 15 is 0 Å². The van der Waals surface area contributed by atoms with Crippen LogP contribution in [0.25, 0.3) is 11.3 Å². The predicted octanol–water partition coefficient (Wildman–Crippen LogP) is 4.56. The second-order valence-corrected chi connectivity index (χ2v) is 7.46. The number of halogens is 1. The van der Waals surface area contributed by atoms with E-state index in [0.717, 1.165) is 17.0 Å². The molecule has 0 N–H and O–H groups in total. The smallest absolute Gasteiger partial charge is 0.270 e. The van der Waals surface area contributed by atoms with Gasteiger partial charge in [0.2, 0.25) is 0 Å². The summed E-state index contributed by atoms with van der Waals surface area (Å²) in [6, 6.07) is 16.0. The van der Waals surface area contributed by atoms with Crippen LogP contribution in [0, 0.1) is 13.7 Å². The molecule has 28 heavy (non-hydrogen) atoms. The van der Waals surface area contributed by atoms with Crippen LogP contribution in [0.5, 0.6) is 0 Å². The number of carbonyl (C=O) groups is 1. The van der Waals surface area contributed by atoms with Crippen LogP contribution < -0.4 is 0 Å². The number of benzene rings is 2. The van der Waals surface area contributed by atoms with Crippen LogP contribution in [-0.4, -0.2) is 34.5 Å². The Morgan fingerprint density at radius 3 is 2.68 bits per heavy atom. The Kier molecular flexibility index (Phi) is 6.40. The molecule has 7 nitrogen and oxygen atoms in total. The molecule has 1 heterocycles. The van der Waals surface area contributed by atoms with Crippen molar-refractivity contribution in [1.82, 2.24) is 10.1 Å². The topological polar surface area (TPSA) is 89.5 Å². The molecule has 3 aromatic rings. The Morgan fingerprint density at radius 1 is 1.21 bits per heavy atom. The normalized spacial score (nSPS) is 10.6. The molecule has 0 saturated heterocycles. The lowest BCUT2D eigenvalue weighted by atomic mass is 10.1. The summed E-state index contributed by atoms with van der Waals surface area (Å²) < 4.78 is 6.06. The summed E-state index contributed by atoms with van der Waals surface area (Å²) in [4.78, 5) is 24.7. The van der Waals surface area contributed by atoms with E-state index in [2.05, 4.69) is 5.16 Å². The van der Waals surface area contributed by atoms with Crippen LogP contribution in [0.3, 0.4) is 0 Å². The van der Waals surface area contributed by atoms with Gasteiger partial charge in [-0.3, -0.25) is 14.9 Å². The number of hydrogen-bond acceptors (Lipinski definition) is 5. The highest BCUT2D eigenvalue weighted by Crippen LogP contribution is 2.22. The van der Waals surface area contributed by atoms with Crippen molar-refractivity contribution in [2.24, 2.45) is 0 Å². The van der Waals surface area contributed by atoms with Crippen molar-refractivity contribution < 1.29 is 14.2 Å². The van der Waals surface area contributed by atoms with Crippen LogP contribution in [-0.2, 0) is 6.42 Å². The fourth-order valence-electron chi connectivity index (χ4n) is 2.76. The third-order valence-electron chi connectivity index (χ3n) is 4.28. The van der Waals surface area contributed by atoms with Gasteiger partial charge in [0.15, 0.2) is 0 Å². The predicted molar refractivity (Wildman–Crippen MR) is 113 cm³/mol. The Hall–Kier alpha value is -2.75. The molecule has 144 valence electrons. The fourth-order valence-corrected chi connectivity index (χ4v) is 3.33. The monoisotopic (exact) mass is 491 g/mol. The zero-order chi connectivity index (χ0) is 20.1. The lowest BCUT2D eigenvalue weighted by molar-refractivity contribution is -0.384. The van der Waals surface area contributed by atoms with Gasteiger partial charge in [0.1, 0.15) is 11.5 Å². The summed E-state index contributed by atoms with van der Waals surface area (Å²) in [7, 11) is 1.69. The van der Waals surface area contributed by atoms with E-state index in [9.17, 15) is 14.9 Å². The van der Waals surface area contributed by atoms with Gasteiger partial charge in [-0.2, -0.15) is 0 Å². The van der Waals surface area contributed by atoms with Crippen molar-refractivity contribution in [1.29, 1.82) is 0 Å². The molecular formula is C20H18IN3O4. The Labute approximate surface area is 175 Å². The van der Waals surface area contributed by atoms with Crippen LogP contribution >= 0.6 is 22.6 Å². The van der Waals surface area contributed by atoms with Crippen molar-refractivity contribution in [2.75, 3.05) is 13.6 Å². The Balaban J connectivity index is 1.58. The summed E-state index contributed by atoms with van der Waals surface area (Å²) in [6.07, 6.45) is 1.33. The van der Waals surface area contributed by atoms with Gasteiger partial charge in [-0.05, 0) is 35.1 Å². The molecule has 0 aliphatic carbocycles. The zero-order valence-electron chi connectivity index (χ0n) is 15.2. The Morgan fingerprint density at radius 2 is 1.96 bits per heavy atom. The van der Waals surface area contributed by atoms with Crippen molar-refractivity contribution in [3.8, 4) is 11.3 Å². The summed E-state index contributed by atoms with van der Waals surface area (Å²) in [5.41, 5.74) is 2.02. The van der Waals surface area contributed by atoms with Crippen LogP contribution in [0.4, 0.5) is 5.69 Å². The number of hydrogen-bond donors (Lipinski definition) is 0. The van der Waals surface area contributed by atoms with Crippen LogP contribution in [0.15, 0.2) is 59.1 Å². The number of nitrogens with zero attached hydrogens (tertiary/aromatic N) is 3. The van der Waals surface area contributed by atoms with E-state index in [1.165, 1.54) is 12.1 Å². The second-order valence-electron chi connectivity index (χ2n) is 6.30. The maximum Gasteiger partial charge on any atom is 0.270 e. The van der Waals surface area contributed by atoms with Gasteiger partial charge in [-0.1, -0.05) is 35.5 Å². The first kappa shape index (κ1) is 20.0. The van der Waals surface area contributed by atoms with E-state index in [1.807, 2.05) is 59.0 Å². The minimum absolute atomic E-state index is 0.0905. The average molecular weight is 491 g/mol. The third kappa shape index (κ3) is 4.75. The molecule has 0 fully saturated rings. The zero-order valence-corrected chi connectivity index (χ0v) is 17.3. The first-order chi connectivity index (χ1) is 13.5. The first-order valence-electron chi connectivity index (χ1n) is 8.66. The highest BCUT2D eigenvalue weighted by Gasteiger charge is 2.18. The van der Waals surface area contributed by atoms with Gasteiger partial charge in [0, 0.05) is 47.3 Å². The van der Waals surface area contributed by atoms with E-state index in [-0.39, 0.29) is 11.6 Å². The van der Waals surface area contributed by atoms with E-state index in [4.69, 9.17) is 4.52 Å². The largest absolute Gasteiger partial charge is 0.361 e. The summed E-state index contributed by atoms with van der Waals surface area (Å²) in [5.74, 6) is 0.514. The number of nitro benzene ring substituents is 1. The number of nitro groups is 1. The molecule has 0 radical (unpaired) electrons. The molecule has 0 bridgehead atoms. The SMILES string of the molecule is CN(CCCc1cc(-c2ccccc2)no1)C(=O)c1cc([N+](=O)[O-])ccc1I. The lowest BCUT2D eigenvalue weighted by Crippen LogP contribution is -2.28. The minimum atomic E-state index is -0.499. The molecule has 0 saturated carbocycles. The molecule has 0 spiro atoms. The number of rotatable bonds is 7. The van der Waals surface area contributed by atoms with Gasteiger partial charge in [0.05, 0.1) is 10.5 Å². The van der Waals surface area contributed by atoms with E-state index in [1.54, 1.807) is 18.0 Å². The van der Waals surface area contributed by atoms with Crippen LogP contribution in [0.2, 0.25) is 0 Å². The number of non-ortho nitro benzene ring substituents is 1. The molecule has 0 aliphatic rings. The van der Waals surface area contributed by atoms with E-state index in [0.29, 0.717) is 28.5 Å². The number of amides is 1. The molecular weight excluding hydrogens is 473 g/mol. The highest BCUT2D eigenvalue weighted by atomic mass is 127.